The van der Waals surface area contributed by atoms with Gasteiger partial charge >= 0.3 is 0 Å². The second kappa shape index (κ2) is 10.8. The Bertz CT molecular complexity index is 1080. The molecule has 168 valence electrons. The van der Waals surface area contributed by atoms with Crippen molar-refractivity contribution in [1.29, 1.82) is 0 Å². The Morgan fingerprint density at radius 3 is 2.53 bits per heavy atom. The highest BCUT2D eigenvalue weighted by molar-refractivity contribution is 7.99. The largest absolute Gasteiger partial charge is 0.495 e. The van der Waals surface area contributed by atoms with Gasteiger partial charge in [-0.05, 0) is 45.0 Å². The molecule has 0 bridgehead atoms. The third-order valence-electron chi connectivity index (χ3n) is 4.82. The summed E-state index contributed by atoms with van der Waals surface area (Å²) in [5, 5.41) is 14.9. The van der Waals surface area contributed by atoms with Crippen LogP contribution in [0.1, 0.15) is 41.6 Å². The van der Waals surface area contributed by atoms with E-state index in [0.29, 0.717) is 34.5 Å². The topological polar surface area (TPSA) is 98.1 Å². The van der Waals surface area contributed by atoms with Crippen molar-refractivity contribution in [3.63, 3.8) is 0 Å². The van der Waals surface area contributed by atoms with E-state index in [1.54, 1.807) is 31.4 Å². The van der Waals surface area contributed by atoms with E-state index in [1.807, 2.05) is 49.6 Å². The minimum Gasteiger partial charge on any atom is -0.495 e. The molecule has 0 saturated heterocycles. The zero-order valence-electron chi connectivity index (χ0n) is 18.6. The number of aryl methyl sites for hydroxylation is 1. The fraction of sp³-hybridized carbons (Fsp3) is 0.304. The van der Waals surface area contributed by atoms with E-state index in [1.165, 1.54) is 11.8 Å². The molecule has 1 aromatic heterocycles. The normalized spacial score (nSPS) is 11.6. The first kappa shape index (κ1) is 23.3. The van der Waals surface area contributed by atoms with Crippen molar-refractivity contribution in [1.82, 2.24) is 20.1 Å². The first-order valence-electron chi connectivity index (χ1n) is 10.3. The summed E-state index contributed by atoms with van der Waals surface area (Å²) >= 11 is 1.29. The van der Waals surface area contributed by atoms with E-state index in [4.69, 9.17) is 4.74 Å². The van der Waals surface area contributed by atoms with Gasteiger partial charge in [0.05, 0.1) is 24.6 Å². The van der Waals surface area contributed by atoms with Crippen molar-refractivity contribution < 1.29 is 14.3 Å². The average molecular weight is 454 g/mol. The number of anilines is 1. The van der Waals surface area contributed by atoms with Crippen LogP contribution in [0.5, 0.6) is 5.75 Å². The van der Waals surface area contributed by atoms with Gasteiger partial charge in [0, 0.05) is 12.1 Å². The van der Waals surface area contributed by atoms with Crippen molar-refractivity contribution in [2.75, 3.05) is 18.2 Å². The second-order valence-electron chi connectivity index (χ2n) is 7.18. The molecule has 0 aliphatic heterocycles. The van der Waals surface area contributed by atoms with Gasteiger partial charge in [-0.3, -0.25) is 9.59 Å². The summed E-state index contributed by atoms with van der Waals surface area (Å²) in [6.07, 6.45) is 0. The molecule has 9 heteroatoms. The Labute approximate surface area is 191 Å². The fourth-order valence-electron chi connectivity index (χ4n) is 3.14. The zero-order valence-corrected chi connectivity index (χ0v) is 19.4. The molecule has 1 atom stereocenters. The molecule has 32 heavy (non-hydrogen) atoms. The summed E-state index contributed by atoms with van der Waals surface area (Å²) in [4.78, 5) is 25.0. The molecular weight excluding hydrogens is 426 g/mol. The highest BCUT2D eigenvalue weighted by atomic mass is 32.2. The number of thioether (sulfide) groups is 1. The van der Waals surface area contributed by atoms with Crippen LogP contribution < -0.4 is 15.4 Å². The van der Waals surface area contributed by atoms with Crippen LogP contribution in [0, 0.1) is 6.92 Å². The summed E-state index contributed by atoms with van der Waals surface area (Å²) < 4.78 is 7.17. The lowest BCUT2D eigenvalue weighted by Gasteiger charge is -2.15. The lowest BCUT2D eigenvalue weighted by Crippen LogP contribution is -2.28. The van der Waals surface area contributed by atoms with Gasteiger partial charge in [-0.2, -0.15) is 0 Å². The van der Waals surface area contributed by atoms with Crippen molar-refractivity contribution in [2.24, 2.45) is 0 Å². The Morgan fingerprint density at radius 2 is 1.84 bits per heavy atom. The molecule has 0 aliphatic carbocycles. The minimum atomic E-state index is -0.340. The van der Waals surface area contributed by atoms with E-state index in [-0.39, 0.29) is 23.6 Å². The Balaban J connectivity index is 1.63. The molecule has 2 N–H and O–H groups in total. The van der Waals surface area contributed by atoms with Gasteiger partial charge in [0.15, 0.2) is 11.0 Å². The lowest BCUT2D eigenvalue weighted by molar-refractivity contribution is -0.113. The van der Waals surface area contributed by atoms with Gasteiger partial charge in [-0.15, -0.1) is 10.2 Å². The van der Waals surface area contributed by atoms with Gasteiger partial charge in [0.2, 0.25) is 5.91 Å². The molecular formula is C23H27N5O3S. The molecule has 8 nitrogen and oxygen atoms in total. The van der Waals surface area contributed by atoms with Crippen LogP contribution in [-0.2, 0) is 11.3 Å². The minimum absolute atomic E-state index is 0.167. The first-order valence-corrected chi connectivity index (χ1v) is 11.3. The molecule has 3 aromatic rings. The average Bonchev–Trinajstić information content (AvgIpc) is 3.21. The number of amides is 2. The van der Waals surface area contributed by atoms with E-state index < -0.39 is 0 Å². The smallest absolute Gasteiger partial charge is 0.251 e. The summed E-state index contributed by atoms with van der Waals surface area (Å²) in [5.74, 6) is 1.06. The number of aromatic nitrogens is 3. The monoisotopic (exact) mass is 453 g/mol. The third-order valence-corrected chi connectivity index (χ3v) is 5.79. The molecule has 0 saturated carbocycles. The van der Waals surface area contributed by atoms with E-state index in [9.17, 15) is 9.59 Å². The zero-order chi connectivity index (χ0) is 23.1. The van der Waals surface area contributed by atoms with Crippen LogP contribution >= 0.6 is 11.8 Å². The van der Waals surface area contributed by atoms with Crippen molar-refractivity contribution >= 4 is 29.3 Å². The molecule has 2 aromatic carbocycles. The molecule has 0 radical (unpaired) electrons. The first-order chi connectivity index (χ1) is 15.4. The quantitative estimate of drug-likeness (QED) is 0.478. The molecule has 0 aliphatic rings. The summed E-state index contributed by atoms with van der Waals surface area (Å²) in [7, 11) is 1.56. The summed E-state index contributed by atoms with van der Waals surface area (Å²) in [6, 6.07) is 14.3. The standard InChI is InChI=1S/C23H27N5O3S/c1-5-28-21(16(3)24-22(30)17-12-10-15(2)11-13-17)26-27-23(28)32-14-20(29)25-18-8-6-7-9-19(18)31-4/h6-13,16H,5,14H2,1-4H3,(H,24,30)(H,25,29)/t16-/m1/s1. The van der Waals surface area contributed by atoms with Crippen molar-refractivity contribution in [2.45, 2.75) is 38.5 Å². The number of para-hydroxylation sites is 2. The molecule has 3 rings (SSSR count). The van der Waals surface area contributed by atoms with Crippen LogP contribution in [0.25, 0.3) is 0 Å². The number of hydrogen-bond donors (Lipinski definition) is 2. The number of methoxy groups -OCH3 is 1. The van der Waals surface area contributed by atoms with Gasteiger partial charge in [-0.1, -0.05) is 41.6 Å². The van der Waals surface area contributed by atoms with Gasteiger partial charge < -0.3 is 19.9 Å². The number of carbonyl (C=O) groups excluding carboxylic acids is 2. The lowest BCUT2D eigenvalue weighted by atomic mass is 10.1. The maximum Gasteiger partial charge on any atom is 0.251 e. The molecule has 0 unspecified atom stereocenters. The summed E-state index contributed by atoms with van der Waals surface area (Å²) in [6.45, 7) is 6.43. The molecule has 2 amide bonds. The van der Waals surface area contributed by atoms with Crippen molar-refractivity contribution in [3.05, 3.63) is 65.5 Å². The van der Waals surface area contributed by atoms with Crippen LogP contribution in [0.4, 0.5) is 5.69 Å². The van der Waals surface area contributed by atoms with Crippen LogP contribution in [0.15, 0.2) is 53.7 Å². The maximum atomic E-state index is 12.6. The second-order valence-corrected chi connectivity index (χ2v) is 8.13. The van der Waals surface area contributed by atoms with Gasteiger partial charge in [0.25, 0.3) is 5.91 Å². The van der Waals surface area contributed by atoms with Crippen LogP contribution in [0.2, 0.25) is 0 Å². The number of nitrogens with zero attached hydrogens (tertiary/aromatic N) is 3. The van der Waals surface area contributed by atoms with Crippen LogP contribution in [-0.4, -0.2) is 39.4 Å². The predicted octanol–water partition coefficient (Wildman–Crippen LogP) is 3.84. The predicted molar refractivity (Wildman–Crippen MR) is 125 cm³/mol. The Hall–Kier alpha value is -3.33. The molecule has 0 fully saturated rings. The Morgan fingerprint density at radius 1 is 1.12 bits per heavy atom. The number of benzene rings is 2. The molecule has 0 spiro atoms. The SMILES string of the molecule is CCn1c(SCC(=O)Nc2ccccc2OC)nnc1[C@@H](C)NC(=O)c1ccc(C)cc1. The highest BCUT2D eigenvalue weighted by Crippen LogP contribution is 2.25. The fourth-order valence-corrected chi connectivity index (χ4v) is 3.95. The number of nitrogens with one attached hydrogen (secondary N) is 2. The summed E-state index contributed by atoms with van der Waals surface area (Å²) in [5.41, 5.74) is 2.30. The number of rotatable bonds is 9. The van der Waals surface area contributed by atoms with Gasteiger partial charge in [0.1, 0.15) is 5.75 Å². The Kier molecular flexibility index (Phi) is 7.88. The number of carbonyl (C=O) groups is 2. The maximum absolute atomic E-state index is 12.6. The van der Waals surface area contributed by atoms with E-state index in [0.717, 1.165) is 5.56 Å². The van der Waals surface area contributed by atoms with E-state index >= 15 is 0 Å². The third kappa shape index (κ3) is 5.67. The molecule has 1 heterocycles. The van der Waals surface area contributed by atoms with Crippen LogP contribution in [0.3, 0.4) is 0 Å². The number of hydrogen-bond acceptors (Lipinski definition) is 6. The van der Waals surface area contributed by atoms with E-state index in [2.05, 4.69) is 20.8 Å². The number of ether oxygens (including phenoxy) is 1. The van der Waals surface area contributed by atoms with Gasteiger partial charge in [-0.25, -0.2) is 0 Å². The van der Waals surface area contributed by atoms with Crippen molar-refractivity contribution in [3.8, 4) is 5.75 Å². The highest BCUT2D eigenvalue weighted by Gasteiger charge is 2.20.